The number of carboxylic acid groups (broad SMARTS) is 1. The van der Waals surface area contributed by atoms with E-state index in [0.29, 0.717) is 10.4 Å². The zero-order chi connectivity index (χ0) is 22.9. The van der Waals surface area contributed by atoms with Gasteiger partial charge in [0, 0.05) is 28.4 Å². The highest BCUT2D eigenvalue weighted by atomic mass is 32.1. The zero-order valence-electron chi connectivity index (χ0n) is 18.0. The molecular weight excluding hydrogens is 436 g/mol. The largest absolute Gasteiger partial charge is 0.465 e. The van der Waals surface area contributed by atoms with Crippen LogP contribution < -0.4 is 10.6 Å². The number of thiophene rings is 1. The maximum atomic E-state index is 13.1. The number of nitrogens with one attached hydrogen (secondary N) is 2. The van der Waals surface area contributed by atoms with Crippen molar-refractivity contribution in [3.8, 4) is 16.5 Å². The van der Waals surface area contributed by atoms with Crippen LogP contribution in [0.4, 0.5) is 10.5 Å². The Kier molecular flexibility index (Phi) is 5.73. The predicted octanol–water partition coefficient (Wildman–Crippen LogP) is 5.42. The van der Waals surface area contributed by atoms with Gasteiger partial charge in [-0.2, -0.15) is 5.26 Å². The van der Waals surface area contributed by atoms with E-state index in [9.17, 15) is 20.0 Å². The summed E-state index contributed by atoms with van der Waals surface area (Å²) < 4.78 is 0. The molecule has 1 amide bonds. The highest BCUT2D eigenvalue weighted by Crippen LogP contribution is 2.39. The Morgan fingerprint density at radius 3 is 2.58 bits per heavy atom. The Morgan fingerprint density at radius 1 is 1.09 bits per heavy atom. The normalized spacial score (nSPS) is 20.2. The molecule has 3 N–H and O–H groups in total. The lowest BCUT2D eigenvalue weighted by molar-refractivity contribution is 0.0968. The smallest absolute Gasteiger partial charge is 0.404 e. The predicted molar refractivity (Wildman–Crippen MR) is 128 cm³/mol. The molecule has 2 aromatic heterocycles. The van der Waals surface area contributed by atoms with E-state index in [4.69, 9.17) is 0 Å². The summed E-state index contributed by atoms with van der Waals surface area (Å²) >= 11 is 1.42. The van der Waals surface area contributed by atoms with Crippen LogP contribution in [0.3, 0.4) is 0 Å². The number of carbonyl (C=O) groups excluding carboxylic acids is 1. The standard InChI is InChI=1S/C25H24N4O3S/c26-12-16-8-10-22(33-16)15-7-9-19-17(11-15)23(18(13-27-19)24(30)14-5-6-14)28-20-3-1-2-4-21(20)29-25(31)32/h7-11,13-14,20-21,29H,1-6H2,(H,27,28)(H,31,32). The van der Waals surface area contributed by atoms with E-state index in [1.54, 1.807) is 12.3 Å². The quantitative estimate of drug-likeness (QED) is 0.423. The topological polar surface area (TPSA) is 115 Å². The summed E-state index contributed by atoms with van der Waals surface area (Å²) in [4.78, 5) is 30.7. The third-order valence-corrected chi connectivity index (χ3v) is 7.53. The number of fused-ring (bicyclic) bond motifs is 1. The molecule has 168 valence electrons. The molecule has 0 aliphatic heterocycles. The third-order valence-electron chi connectivity index (χ3n) is 6.49. The van der Waals surface area contributed by atoms with Gasteiger partial charge in [-0.1, -0.05) is 18.9 Å². The van der Waals surface area contributed by atoms with E-state index in [1.807, 2.05) is 24.3 Å². The Labute approximate surface area is 195 Å². The van der Waals surface area contributed by atoms with Gasteiger partial charge in [-0.05, 0) is 55.5 Å². The lowest BCUT2D eigenvalue weighted by Crippen LogP contribution is -2.48. The molecule has 1 aromatic carbocycles. The molecule has 2 saturated carbocycles. The van der Waals surface area contributed by atoms with Gasteiger partial charge in [0.2, 0.25) is 0 Å². The molecule has 8 heteroatoms. The van der Waals surface area contributed by atoms with E-state index in [2.05, 4.69) is 21.7 Å². The minimum absolute atomic E-state index is 0.0442. The molecule has 0 bridgehead atoms. The minimum Gasteiger partial charge on any atom is -0.465 e. The number of benzene rings is 1. The number of anilines is 1. The first-order valence-electron chi connectivity index (χ1n) is 11.3. The van der Waals surface area contributed by atoms with Crippen molar-refractivity contribution >= 4 is 39.8 Å². The molecule has 2 unspecified atom stereocenters. The van der Waals surface area contributed by atoms with Crippen LogP contribution in [0, 0.1) is 17.2 Å². The average Bonchev–Trinajstić information content (AvgIpc) is 3.56. The van der Waals surface area contributed by atoms with Crippen molar-refractivity contribution in [3.63, 3.8) is 0 Å². The van der Waals surface area contributed by atoms with Crippen molar-refractivity contribution in [1.29, 1.82) is 5.26 Å². The summed E-state index contributed by atoms with van der Waals surface area (Å²) in [7, 11) is 0. The minimum atomic E-state index is -1.03. The Morgan fingerprint density at radius 2 is 1.88 bits per heavy atom. The highest BCUT2D eigenvalue weighted by molar-refractivity contribution is 7.16. The molecule has 5 rings (SSSR count). The number of nitriles is 1. The molecule has 33 heavy (non-hydrogen) atoms. The Bertz CT molecular complexity index is 1270. The second-order valence-electron chi connectivity index (χ2n) is 8.78. The number of amides is 1. The van der Waals surface area contributed by atoms with Crippen LogP contribution in [-0.2, 0) is 0 Å². The Balaban J connectivity index is 1.60. The second kappa shape index (κ2) is 8.83. The fourth-order valence-corrected chi connectivity index (χ4v) is 5.43. The molecule has 2 heterocycles. The van der Waals surface area contributed by atoms with Crippen LogP contribution in [-0.4, -0.2) is 34.1 Å². The van der Waals surface area contributed by atoms with E-state index in [1.165, 1.54) is 11.3 Å². The van der Waals surface area contributed by atoms with Gasteiger partial charge in [-0.25, -0.2) is 4.79 Å². The number of nitrogens with zero attached hydrogens (tertiary/aromatic N) is 2. The lowest BCUT2D eigenvalue weighted by Gasteiger charge is -2.33. The Hall–Kier alpha value is -3.44. The summed E-state index contributed by atoms with van der Waals surface area (Å²) in [5.74, 6) is 0.140. The van der Waals surface area contributed by atoms with Gasteiger partial charge in [0.25, 0.3) is 0 Å². The van der Waals surface area contributed by atoms with E-state index in [0.717, 1.165) is 65.6 Å². The van der Waals surface area contributed by atoms with Crippen molar-refractivity contribution in [2.45, 2.75) is 50.6 Å². The molecule has 0 spiro atoms. The number of Topliss-reactive ketones (excluding diaryl/α,β-unsaturated/α-hetero) is 1. The van der Waals surface area contributed by atoms with Gasteiger partial charge in [-0.15, -0.1) is 11.3 Å². The molecule has 0 radical (unpaired) electrons. The van der Waals surface area contributed by atoms with Crippen LogP contribution >= 0.6 is 11.3 Å². The van der Waals surface area contributed by atoms with Gasteiger partial charge >= 0.3 is 6.09 Å². The van der Waals surface area contributed by atoms with E-state index in [-0.39, 0.29) is 23.8 Å². The average molecular weight is 461 g/mol. The monoisotopic (exact) mass is 460 g/mol. The number of hydrogen-bond donors (Lipinski definition) is 3. The fraction of sp³-hybridized carbons (Fsp3) is 0.360. The maximum absolute atomic E-state index is 13.1. The number of hydrogen-bond acceptors (Lipinski definition) is 6. The van der Waals surface area contributed by atoms with Crippen molar-refractivity contribution < 1.29 is 14.7 Å². The fourth-order valence-electron chi connectivity index (χ4n) is 4.63. The molecule has 3 aromatic rings. The van der Waals surface area contributed by atoms with E-state index < -0.39 is 6.09 Å². The summed E-state index contributed by atoms with van der Waals surface area (Å²) in [6.07, 6.45) is 5.98. The van der Waals surface area contributed by atoms with Crippen LogP contribution in [0.2, 0.25) is 0 Å². The van der Waals surface area contributed by atoms with E-state index >= 15 is 0 Å². The number of pyridine rings is 1. The van der Waals surface area contributed by atoms with Crippen LogP contribution in [0.5, 0.6) is 0 Å². The third kappa shape index (κ3) is 4.41. The zero-order valence-corrected chi connectivity index (χ0v) is 18.8. The second-order valence-corrected chi connectivity index (χ2v) is 9.87. The number of carbonyl (C=O) groups is 2. The van der Waals surface area contributed by atoms with Gasteiger partial charge < -0.3 is 15.7 Å². The van der Waals surface area contributed by atoms with Crippen molar-refractivity contribution in [2.75, 3.05) is 5.32 Å². The van der Waals surface area contributed by atoms with Crippen molar-refractivity contribution in [2.24, 2.45) is 5.92 Å². The van der Waals surface area contributed by atoms with Gasteiger partial charge in [-0.3, -0.25) is 9.78 Å². The van der Waals surface area contributed by atoms with Gasteiger partial charge in [0.05, 0.1) is 22.8 Å². The number of aromatic nitrogens is 1. The lowest BCUT2D eigenvalue weighted by atomic mass is 9.89. The molecular formula is C25H24N4O3S. The molecule has 7 nitrogen and oxygen atoms in total. The van der Waals surface area contributed by atoms with Crippen LogP contribution in [0.25, 0.3) is 21.3 Å². The summed E-state index contributed by atoms with van der Waals surface area (Å²) in [5, 5.41) is 25.6. The molecule has 2 aliphatic rings. The SMILES string of the molecule is N#Cc1ccc(-c2ccc3ncc(C(=O)C4CC4)c(NC4CCCCC4NC(=O)O)c3c2)s1. The van der Waals surface area contributed by atoms with Crippen LogP contribution in [0.15, 0.2) is 36.5 Å². The van der Waals surface area contributed by atoms with Crippen LogP contribution in [0.1, 0.15) is 53.8 Å². The number of ketones is 1. The first-order chi connectivity index (χ1) is 16.0. The van der Waals surface area contributed by atoms with Crippen molar-refractivity contribution in [3.05, 3.63) is 47.0 Å². The summed E-state index contributed by atoms with van der Waals surface area (Å²) in [6, 6.07) is 11.5. The van der Waals surface area contributed by atoms with Gasteiger partial charge in [0.1, 0.15) is 10.9 Å². The first-order valence-corrected chi connectivity index (χ1v) is 12.1. The number of rotatable bonds is 6. The first kappa shape index (κ1) is 21.4. The molecule has 2 aliphatic carbocycles. The molecule has 0 saturated heterocycles. The van der Waals surface area contributed by atoms with Crippen molar-refractivity contribution in [1.82, 2.24) is 10.3 Å². The van der Waals surface area contributed by atoms with Gasteiger partial charge in [0.15, 0.2) is 5.78 Å². The molecule has 2 atom stereocenters. The summed E-state index contributed by atoms with van der Waals surface area (Å²) in [5.41, 5.74) is 3.04. The highest BCUT2D eigenvalue weighted by Gasteiger charge is 2.34. The molecule has 2 fully saturated rings. The maximum Gasteiger partial charge on any atom is 0.404 e. The summed E-state index contributed by atoms with van der Waals surface area (Å²) in [6.45, 7) is 0.